The van der Waals surface area contributed by atoms with Crippen molar-refractivity contribution in [3.8, 4) is 0 Å². The molecule has 7 nitrogen and oxygen atoms in total. The van der Waals surface area contributed by atoms with Crippen molar-refractivity contribution in [2.45, 2.75) is 51.5 Å². The Hall–Kier alpha value is -1.92. The van der Waals surface area contributed by atoms with Gasteiger partial charge in [-0.1, -0.05) is 23.7 Å². The summed E-state index contributed by atoms with van der Waals surface area (Å²) in [5.74, 6) is 2.35. The third-order valence-corrected chi connectivity index (χ3v) is 3.31. The van der Waals surface area contributed by atoms with E-state index in [9.17, 15) is 0 Å². The van der Waals surface area contributed by atoms with Crippen LogP contribution >= 0.6 is 0 Å². The second-order valence-electron chi connectivity index (χ2n) is 5.00. The van der Waals surface area contributed by atoms with Gasteiger partial charge in [0.15, 0.2) is 11.6 Å². The topological polar surface area (TPSA) is 95.7 Å². The van der Waals surface area contributed by atoms with Gasteiger partial charge in [-0.25, -0.2) is 4.68 Å². The van der Waals surface area contributed by atoms with Gasteiger partial charge in [-0.3, -0.25) is 0 Å². The van der Waals surface area contributed by atoms with Gasteiger partial charge in [-0.2, -0.15) is 4.98 Å². The van der Waals surface area contributed by atoms with E-state index in [1.54, 1.807) is 4.68 Å². The maximum absolute atomic E-state index is 5.85. The average molecular weight is 262 g/mol. The van der Waals surface area contributed by atoms with Gasteiger partial charge in [0, 0.05) is 12.3 Å². The molecule has 102 valence electrons. The minimum absolute atomic E-state index is 0.454. The van der Waals surface area contributed by atoms with E-state index in [-0.39, 0.29) is 0 Å². The van der Waals surface area contributed by atoms with E-state index in [4.69, 9.17) is 10.3 Å². The Kier molecular flexibility index (Phi) is 3.18. The molecule has 0 bridgehead atoms. The highest BCUT2D eigenvalue weighted by molar-refractivity contribution is 5.38. The summed E-state index contributed by atoms with van der Waals surface area (Å²) in [5.41, 5.74) is 6.85. The number of rotatable bonds is 6. The van der Waals surface area contributed by atoms with Gasteiger partial charge in [-0.05, 0) is 19.3 Å². The van der Waals surface area contributed by atoms with E-state index in [2.05, 4.69) is 27.4 Å². The molecule has 0 atom stereocenters. The van der Waals surface area contributed by atoms with E-state index < -0.39 is 0 Å². The number of aromatic nitrogens is 5. The Morgan fingerprint density at radius 1 is 1.42 bits per heavy atom. The van der Waals surface area contributed by atoms with E-state index in [1.165, 1.54) is 0 Å². The van der Waals surface area contributed by atoms with E-state index in [0.717, 1.165) is 43.6 Å². The van der Waals surface area contributed by atoms with Crippen LogP contribution in [0.4, 0.5) is 5.82 Å². The largest absolute Gasteiger partial charge is 0.381 e. The lowest BCUT2D eigenvalue weighted by molar-refractivity contribution is 0.357. The molecule has 1 aliphatic carbocycles. The van der Waals surface area contributed by atoms with Crippen LogP contribution in [0.1, 0.15) is 55.9 Å². The van der Waals surface area contributed by atoms with Gasteiger partial charge in [0.2, 0.25) is 5.89 Å². The molecule has 0 aliphatic heterocycles. The average Bonchev–Trinajstić information content (AvgIpc) is 3.03. The summed E-state index contributed by atoms with van der Waals surface area (Å²) in [6.07, 6.45) is 5.36. The lowest BCUT2D eigenvalue weighted by Gasteiger charge is -2.01. The van der Waals surface area contributed by atoms with Crippen LogP contribution in [0.15, 0.2) is 4.52 Å². The van der Waals surface area contributed by atoms with Gasteiger partial charge in [0.25, 0.3) is 0 Å². The molecule has 2 N–H and O–H groups in total. The fraction of sp³-hybridized carbons (Fsp3) is 0.667. The summed E-state index contributed by atoms with van der Waals surface area (Å²) < 4.78 is 7.02. The van der Waals surface area contributed by atoms with Crippen molar-refractivity contribution in [3.63, 3.8) is 0 Å². The molecule has 2 heterocycles. The molecule has 0 spiro atoms. The zero-order chi connectivity index (χ0) is 13.2. The van der Waals surface area contributed by atoms with Crippen LogP contribution in [-0.4, -0.2) is 25.1 Å². The van der Waals surface area contributed by atoms with Crippen LogP contribution < -0.4 is 5.73 Å². The first kappa shape index (κ1) is 12.1. The maximum Gasteiger partial charge on any atom is 0.248 e. The molecule has 1 fully saturated rings. The Labute approximate surface area is 111 Å². The Morgan fingerprint density at radius 3 is 3.00 bits per heavy atom. The molecule has 1 saturated carbocycles. The van der Waals surface area contributed by atoms with E-state index in [0.29, 0.717) is 24.2 Å². The first-order valence-corrected chi connectivity index (χ1v) is 6.78. The van der Waals surface area contributed by atoms with Crippen LogP contribution in [0.2, 0.25) is 0 Å². The molecule has 0 radical (unpaired) electrons. The van der Waals surface area contributed by atoms with Crippen molar-refractivity contribution in [3.05, 3.63) is 17.4 Å². The monoisotopic (exact) mass is 262 g/mol. The Balaban J connectivity index is 1.72. The molecular formula is C12H18N6O. The summed E-state index contributed by atoms with van der Waals surface area (Å²) in [5, 5.41) is 12.0. The van der Waals surface area contributed by atoms with E-state index in [1.807, 2.05) is 0 Å². The van der Waals surface area contributed by atoms with Gasteiger partial charge < -0.3 is 10.3 Å². The number of hydrogen-bond donors (Lipinski definition) is 1. The smallest absolute Gasteiger partial charge is 0.248 e. The summed E-state index contributed by atoms with van der Waals surface area (Å²) in [6, 6.07) is 0. The van der Waals surface area contributed by atoms with E-state index >= 15 is 0 Å². The Morgan fingerprint density at radius 2 is 2.26 bits per heavy atom. The fourth-order valence-corrected chi connectivity index (χ4v) is 2.15. The number of hydrogen-bond acceptors (Lipinski definition) is 6. The summed E-state index contributed by atoms with van der Waals surface area (Å²) in [7, 11) is 0. The second-order valence-corrected chi connectivity index (χ2v) is 5.00. The summed E-state index contributed by atoms with van der Waals surface area (Å²) in [4.78, 5) is 4.37. The highest BCUT2D eigenvalue weighted by Gasteiger charge is 2.31. The summed E-state index contributed by atoms with van der Waals surface area (Å²) >= 11 is 0. The lowest BCUT2D eigenvalue weighted by atomic mass is 10.2. The van der Waals surface area contributed by atoms with Crippen molar-refractivity contribution < 1.29 is 4.52 Å². The zero-order valence-electron chi connectivity index (χ0n) is 11.0. The predicted molar refractivity (Wildman–Crippen MR) is 68.4 cm³/mol. The molecule has 0 amide bonds. The SMILES string of the molecule is CCCCc1noc(Cn2nnc(N)c2C2CC2)n1. The molecule has 2 aromatic rings. The zero-order valence-corrected chi connectivity index (χ0v) is 11.0. The maximum atomic E-state index is 5.85. The summed E-state index contributed by atoms with van der Waals surface area (Å²) in [6.45, 7) is 2.59. The molecule has 19 heavy (non-hydrogen) atoms. The van der Waals surface area contributed by atoms with Crippen molar-refractivity contribution in [2.24, 2.45) is 0 Å². The van der Waals surface area contributed by atoms with Crippen molar-refractivity contribution in [1.29, 1.82) is 0 Å². The van der Waals surface area contributed by atoms with Crippen LogP contribution in [0, 0.1) is 0 Å². The first-order valence-electron chi connectivity index (χ1n) is 6.78. The molecule has 0 aromatic carbocycles. The molecular weight excluding hydrogens is 244 g/mol. The molecule has 0 saturated heterocycles. The van der Waals surface area contributed by atoms with Gasteiger partial charge >= 0.3 is 0 Å². The number of unbranched alkanes of at least 4 members (excludes halogenated alkanes) is 1. The molecule has 7 heteroatoms. The van der Waals surface area contributed by atoms with Gasteiger partial charge in [0.05, 0.1) is 5.69 Å². The highest BCUT2D eigenvalue weighted by atomic mass is 16.5. The van der Waals surface area contributed by atoms with Crippen LogP contribution in [0.3, 0.4) is 0 Å². The fourth-order valence-electron chi connectivity index (χ4n) is 2.15. The molecule has 3 rings (SSSR count). The van der Waals surface area contributed by atoms with Gasteiger partial charge in [0.1, 0.15) is 6.54 Å². The molecule has 1 aliphatic rings. The van der Waals surface area contributed by atoms with Crippen LogP contribution in [0.5, 0.6) is 0 Å². The van der Waals surface area contributed by atoms with Crippen LogP contribution in [-0.2, 0) is 13.0 Å². The number of aryl methyl sites for hydroxylation is 1. The Bertz CT molecular complexity index is 556. The van der Waals surface area contributed by atoms with Crippen molar-refractivity contribution in [1.82, 2.24) is 25.1 Å². The van der Waals surface area contributed by atoms with Crippen molar-refractivity contribution >= 4 is 5.82 Å². The second kappa shape index (κ2) is 4.99. The first-order chi connectivity index (χ1) is 9.28. The molecule has 2 aromatic heterocycles. The third-order valence-electron chi connectivity index (χ3n) is 3.31. The minimum atomic E-state index is 0.454. The van der Waals surface area contributed by atoms with Crippen molar-refractivity contribution in [2.75, 3.05) is 5.73 Å². The van der Waals surface area contributed by atoms with Gasteiger partial charge in [-0.15, -0.1) is 5.10 Å². The predicted octanol–water partition coefficient (Wildman–Crippen LogP) is 1.51. The van der Waals surface area contributed by atoms with Crippen LogP contribution in [0.25, 0.3) is 0 Å². The number of anilines is 1. The number of nitrogen functional groups attached to an aromatic ring is 1. The molecule has 0 unspecified atom stereocenters. The minimum Gasteiger partial charge on any atom is -0.381 e. The third kappa shape index (κ3) is 2.59. The quantitative estimate of drug-likeness (QED) is 0.847. The normalized spacial score (nSPS) is 15.0. The number of nitrogens with two attached hydrogens (primary N) is 1. The standard InChI is InChI=1S/C12H18N6O/c1-2-3-4-9-14-10(19-16-9)7-18-11(8-5-6-8)12(13)15-17-18/h8H,2-7,13H2,1H3. The number of nitrogens with zero attached hydrogens (tertiary/aromatic N) is 5. The highest BCUT2D eigenvalue weighted by Crippen LogP contribution is 2.41. The lowest BCUT2D eigenvalue weighted by Crippen LogP contribution is -2.07.